The third-order valence-electron chi connectivity index (χ3n) is 4.92. The van der Waals surface area contributed by atoms with E-state index in [-0.39, 0.29) is 12.8 Å². The van der Waals surface area contributed by atoms with Crippen molar-refractivity contribution >= 4 is 15.8 Å². The smallest absolute Gasteiger partial charge is 0.417 e. The second-order valence-corrected chi connectivity index (χ2v) is 8.80. The summed E-state index contributed by atoms with van der Waals surface area (Å²) in [5.74, 6) is -0.474. The van der Waals surface area contributed by atoms with Crippen LogP contribution in [0.1, 0.15) is 40.3 Å². The molecule has 1 aliphatic rings. The normalized spacial score (nSPS) is 17.1. The molecule has 3 rings (SSSR count). The lowest BCUT2D eigenvalue weighted by Gasteiger charge is -2.27. The molecule has 1 atom stereocenters. The molecule has 0 bridgehead atoms. The molecule has 2 aromatic rings. The Morgan fingerprint density at radius 3 is 2.57 bits per heavy atom. The van der Waals surface area contributed by atoms with Gasteiger partial charge >= 0.3 is 12.1 Å². The molecule has 2 aromatic carbocycles. The average molecular weight is 412 g/mol. The maximum Gasteiger partial charge on any atom is 0.417 e. The van der Waals surface area contributed by atoms with E-state index in [0.717, 1.165) is 17.7 Å². The van der Waals surface area contributed by atoms with E-state index in [1.54, 1.807) is 18.2 Å². The number of alkyl halides is 3. The summed E-state index contributed by atoms with van der Waals surface area (Å²) in [5, 5.41) is -1.09. The molecule has 0 amide bonds. The Morgan fingerprint density at radius 2 is 1.89 bits per heavy atom. The van der Waals surface area contributed by atoms with Crippen LogP contribution < -0.4 is 0 Å². The van der Waals surface area contributed by atoms with Crippen LogP contribution in [-0.4, -0.2) is 21.5 Å². The minimum absolute atomic E-state index is 0.0321. The average Bonchev–Trinajstić information content (AvgIpc) is 2.66. The molecular formula is C20H19F3O4S. The van der Waals surface area contributed by atoms with Crippen LogP contribution in [0, 0.1) is 0 Å². The number of rotatable bonds is 4. The number of sulfone groups is 1. The first-order valence-electron chi connectivity index (χ1n) is 8.73. The molecule has 8 heteroatoms. The van der Waals surface area contributed by atoms with E-state index >= 15 is 0 Å². The van der Waals surface area contributed by atoms with Gasteiger partial charge in [-0.05, 0) is 48.1 Å². The summed E-state index contributed by atoms with van der Waals surface area (Å²) < 4.78 is 71.2. The van der Waals surface area contributed by atoms with Gasteiger partial charge in [-0.25, -0.2) is 8.42 Å². The molecule has 1 aliphatic carbocycles. The van der Waals surface area contributed by atoms with Gasteiger partial charge < -0.3 is 4.74 Å². The predicted octanol–water partition coefficient (Wildman–Crippen LogP) is 4.27. The maximum atomic E-state index is 13.4. The number of halogens is 3. The first kappa shape index (κ1) is 20.4. The first-order chi connectivity index (χ1) is 13.1. The minimum Gasteiger partial charge on any atom is -0.469 e. The van der Waals surface area contributed by atoms with E-state index in [1.807, 2.05) is 0 Å². The Labute approximate surface area is 161 Å². The number of carbonyl (C=O) groups excluding carboxylic acids is 1. The van der Waals surface area contributed by atoms with E-state index in [1.165, 1.54) is 19.2 Å². The van der Waals surface area contributed by atoms with Gasteiger partial charge in [0.2, 0.25) is 0 Å². The van der Waals surface area contributed by atoms with Crippen LogP contribution in [0.4, 0.5) is 13.2 Å². The van der Waals surface area contributed by atoms with Gasteiger partial charge in [0.25, 0.3) is 0 Å². The number of fused-ring (bicyclic) bond motifs is 1. The lowest BCUT2D eigenvalue weighted by molar-refractivity contribution is -0.140. The minimum atomic E-state index is -4.77. The number of hydrogen-bond donors (Lipinski definition) is 0. The van der Waals surface area contributed by atoms with Crippen molar-refractivity contribution in [2.75, 3.05) is 7.11 Å². The lowest BCUT2D eigenvalue weighted by Crippen LogP contribution is -2.22. The van der Waals surface area contributed by atoms with Crippen molar-refractivity contribution in [2.45, 2.75) is 42.0 Å². The highest BCUT2D eigenvalue weighted by atomic mass is 32.2. The standard InChI is InChI=1S/C20H19F3O4S/c1-27-19(24)12-13-9-10-14-5-4-8-17(15(14)11-13)28(25,26)18-7-3-2-6-16(18)20(21,22)23/h2-3,6-7,9-11,17H,4-5,8,12H2,1H3. The summed E-state index contributed by atoms with van der Waals surface area (Å²) in [6, 6.07) is 9.31. The van der Waals surface area contributed by atoms with Gasteiger partial charge in [-0.15, -0.1) is 0 Å². The fourth-order valence-electron chi connectivity index (χ4n) is 3.58. The zero-order valence-corrected chi connectivity index (χ0v) is 15.9. The Kier molecular flexibility index (Phi) is 5.52. The Balaban J connectivity index is 2.09. The SMILES string of the molecule is COC(=O)Cc1ccc2c(c1)C(S(=O)(=O)c1ccccc1C(F)(F)F)CCC2. The molecule has 0 saturated carbocycles. The van der Waals surface area contributed by atoms with Gasteiger partial charge in [-0.3, -0.25) is 4.79 Å². The summed E-state index contributed by atoms with van der Waals surface area (Å²) >= 11 is 0. The fourth-order valence-corrected chi connectivity index (χ4v) is 5.67. The summed E-state index contributed by atoms with van der Waals surface area (Å²) in [4.78, 5) is 10.8. The number of esters is 1. The van der Waals surface area contributed by atoms with Crippen LogP contribution in [0.2, 0.25) is 0 Å². The molecule has 0 radical (unpaired) electrons. The van der Waals surface area contributed by atoms with E-state index in [4.69, 9.17) is 0 Å². The number of ether oxygens (including phenoxy) is 1. The highest BCUT2D eigenvalue weighted by Gasteiger charge is 2.41. The Morgan fingerprint density at radius 1 is 1.18 bits per heavy atom. The second kappa shape index (κ2) is 7.58. The Bertz CT molecular complexity index is 997. The van der Waals surface area contributed by atoms with Crippen molar-refractivity contribution in [1.82, 2.24) is 0 Å². The van der Waals surface area contributed by atoms with Gasteiger partial charge in [-0.1, -0.05) is 30.3 Å². The quantitative estimate of drug-likeness (QED) is 0.704. The highest BCUT2D eigenvalue weighted by molar-refractivity contribution is 7.91. The largest absolute Gasteiger partial charge is 0.469 e. The second-order valence-electron chi connectivity index (χ2n) is 6.71. The van der Waals surface area contributed by atoms with Crippen LogP contribution in [0.25, 0.3) is 0 Å². The van der Waals surface area contributed by atoms with Crippen molar-refractivity contribution in [3.63, 3.8) is 0 Å². The number of carbonyl (C=O) groups is 1. The maximum absolute atomic E-state index is 13.4. The molecule has 0 aliphatic heterocycles. The summed E-state index contributed by atoms with van der Waals surface area (Å²) in [7, 11) is -3.02. The summed E-state index contributed by atoms with van der Waals surface area (Å²) in [6.45, 7) is 0. The predicted molar refractivity (Wildman–Crippen MR) is 96.5 cm³/mol. The van der Waals surface area contributed by atoms with Crippen molar-refractivity contribution in [2.24, 2.45) is 0 Å². The molecule has 150 valence electrons. The van der Waals surface area contributed by atoms with Crippen LogP contribution in [-0.2, 0) is 38.4 Å². The monoisotopic (exact) mass is 412 g/mol. The zero-order chi connectivity index (χ0) is 20.5. The molecule has 0 saturated heterocycles. The van der Waals surface area contributed by atoms with E-state index in [0.29, 0.717) is 24.0 Å². The van der Waals surface area contributed by atoms with Gasteiger partial charge in [0.1, 0.15) is 0 Å². The van der Waals surface area contributed by atoms with Crippen molar-refractivity contribution in [1.29, 1.82) is 0 Å². The topological polar surface area (TPSA) is 60.4 Å². The number of hydrogen-bond acceptors (Lipinski definition) is 4. The van der Waals surface area contributed by atoms with Gasteiger partial charge in [0, 0.05) is 0 Å². The molecule has 0 aromatic heterocycles. The molecule has 1 unspecified atom stereocenters. The Hall–Kier alpha value is -2.35. The van der Waals surface area contributed by atoms with E-state index < -0.39 is 37.7 Å². The van der Waals surface area contributed by atoms with Crippen LogP contribution in [0.3, 0.4) is 0 Å². The molecule has 0 fully saturated rings. The van der Waals surface area contributed by atoms with Crippen LogP contribution in [0.5, 0.6) is 0 Å². The number of methoxy groups -OCH3 is 1. The number of benzene rings is 2. The third kappa shape index (κ3) is 3.92. The highest BCUT2D eigenvalue weighted by Crippen LogP contribution is 2.43. The van der Waals surface area contributed by atoms with Crippen LogP contribution >= 0.6 is 0 Å². The molecule has 0 spiro atoms. The van der Waals surface area contributed by atoms with Crippen LogP contribution in [0.15, 0.2) is 47.4 Å². The van der Waals surface area contributed by atoms with E-state index in [9.17, 15) is 26.4 Å². The molecule has 28 heavy (non-hydrogen) atoms. The summed E-state index contributed by atoms with van der Waals surface area (Å²) in [6.07, 6.45) is -3.38. The van der Waals surface area contributed by atoms with Crippen molar-refractivity contribution in [3.8, 4) is 0 Å². The van der Waals surface area contributed by atoms with Gasteiger partial charge in [0.05, 0.1) is 29.2 Å². The molecule has 0 N–H and O–H groups in total. The van der Waals surface area contributed by atoms with Crippen molar-refractivity contribution in [3.05, 3.63) is 64.7 Å². The third-order valence-corrected chi connectivity index (χ3v) is 7.13. The van der Waals surface area contributed by atoms with E-state index in [2.05, 4.69) is 4.74 Å². The fraction of sp³-hybridized carbons (Fsp3) is 0.350. The summed E-state index contributed by atoms with van der Waals surface area (Å²) in [5.41, 5.74) is 0.646. The molecule has 4 nitrogen and oxygen atoms in total. The molecule has 0 heterocycles. The van der Waals surface area contributed by atoms with Gasteiger partial charge in [0.15, 0.2) is 9.84 Å². The van der Waals surface area contributed by atoms with Crippen molar-refractivity contribution < 1.29 is 31.1 Å². The first-order valence-corrected chi connectivity index (χ1v) is 10.3. The number of aryl methyl sites for hydroxylation is 1. The molecular weight excluding hydrogens is 393 g/mol. The zero-order valence-electron chi connectivity index (χ0n) is 15.1. The van der Waals surface area contributed by atoms with Gasteiger partial charge in [-0.2, -0.15) is 13.2 Å². The lowest BCUT2D eigenvalue weighted by atomic mass is 9.89.